The number of hydrogen-bond acceptors (Lipinski definition) is 0. The molecule has 0 aliphatic heterocycles. The Hall–Kier alpha value is -7.02. The summed E-state index contributed by atoms with van der Waals surface area (Å²) >= 11 is 0. The molecule has 11 rings (SSSR count). The molecule has 11 aromatic rings. The fourth-order valence-corrected chi connectivity index (χ4v) is 8.98. The van der Waals surface area contributed by atoms with Crippen molar-refractivity contribution in [2.24, 2.45) is 0 Å². The van der Waals surface area contributed by atoms with Gasteiger partial charge in [0.05, 0.1) is 0 Å². The summed E-state index contributed by atoms with van der Waals surface area (Å²) in [5.74, 6) is 0. The average Bonchev–Trinajstić information content (AvgIpc) is 3.25. The highest BCUT2D eigenvalue weighted by molar-refractivity contribution is 6.30. The summed E-state index contributed by atoms with van der Waals surface area (Å²) in [7, 11) is 0. The summed E-state index contributed by atoms with van der Waals surface area (Å²) < 4.78 is 0. The quantitative estimate of drug-likeness (QED) is 0.125. The zero-order valence-corrected chi connectivity index (χ0v) is 29.6. The lowest BCUT2D eigenvalue weighted by Crippen LogP contribution is -1.93. The first kappa shape index (κ1) is 30.6. The predicted octanol–water partition coefficient (Wildman–Crippen LogP) is 15.2. The molecule has 0 unspecified atom stereocenters. The van der Waals surface area contributed by atoms with Crippen LogP contribution in [0.1, 0.15) is 0 Å². The zero-order valence-electron chi connectivity index (χ0n) is 29.6. The topological polar surface area (TPSA) is 0 Å². The van der Waals surface area contributed by atoms with Crippen molar-refractivity contribution in [3.8, 4) is 55.6 Å². The highest BCUT2D eigenvalue weighted by Crippen LogP contribution is 2.48. The van der Waals surface area contributed by atoms with E-state index in [1.165, 1.54) is 109 Å². The first-order valence-electron chi connectivity index (χ1n) is 18.8. The van der Waals surface area contributed by atoms with E-state index in [0.29, 0.717) is 0 Å². The molecule has 0 amide bonds. The van der Waals surface area contributed by atoms with E-state index in [9.17, 15) is 0 Å². The molecular weight excluding hydrogens is 649 g/mol. The van der Waals surface area contributed by atoms with Gasteiger partial charge in [-0.3, -0.25) is 0 Å². The van der Waals surface area contributed by atoms with E-state index in [4.69, 9.17) is 0 Å². The molecule has 0 saturated carbocycles. The van der Waals surface area contributed by atoms with Crippen LogP contribution in [0.25, 0.3) is 109 Å². The summed E-state index contributed by atoms with van der Waals surface area (Å²) in [5.41, 5.74) is 12.5. The SMILES string of the molecule is c1ccc(-c2cccc(-c3cccc(-c4ccc5ccc6c(-c7c8ccccc8c(-c8ccccc8)c8ccccc78)ccc7ccc4c5c76)c3)c2)cc1. The molecule has 0 aliphatic carbocycles. The minimum absolute atomic E-state index is 1.22. The van der Waals surface area contributed by atoms with Gasteiger partial charge in [0.2, 0.25) is 0 Å². The molecule has 0 saturated heterocycles. The van der Waals surface area contributed by atoms with Gasteiger partial charge in [-0.15, -0.1) is 0 Å². The van der Waals surface area contributed by atoms with E-state index in [1.807, 2.05) is 0 Å². The number of benzene rings is 11. The fourth-order valence-electron chi connectivity index (χ4n) is 8.98. The van der Waals surface area contributed by atoms with Crippen molar-refractivity contribution in [2.45, 2.75) is 0 Å². The number of rotatable bonds is 5. The summed E-state index contributed by atoms with van der Waals surface area (Å²) in [5, 5.41) is 12.9. The van der Waals surface area contributed by atoms with E-state index in [1.54, 1.807) is 0 Å². The first-order chi connectivity index (χ1) is 26.8. The van der Waals surface area contributed by atoms with Crippen LogP contribution in [0.15, 0.2) is 206 Å². The Morgan fingerprint density at radius 2 is 0.593 bits per heavy atom. The maximum absolute atomic E-state index is 2.36. The van der Waals surface area contributed by atoms with Gasteiger partial charge in [-0.2, -0.15) is 0 Å². The van der Waals surface area contributed by atoms with Crippen molar-refractivity contribution in [1.29, 1.82) is 0 Å². The van der Waals surface area contributed by atoms with Crippen molar-refractivity contribution in [1.82, 2.24) is 0 Å². The molecule has 54 heavy (non-hydrogen) atoms. The lowest BCUT2D eigenvalue weighted by molar-refractivity contribution is 1.58. The van der Waals surface area contributed by atoms with Crippen LogP contribution in [0.2, 0.25) is 0 Å². The normalized spacial score (nSPS) is 11.7. The van der Waals surface area contributed by atoms with Gasteiger partial charge in [-0.1, -0.05) is 194 Å². The fraction of sp³-hybridized carbons (Fsp3) is 0. The molecule has 11 aromatic carbocycles. The average molecular weight is 683 g/mol. The molecule has 0 nitrogen and oxygen atoms in total. The minimum Gasteiger partial charge on any atom is -0.0622 e. The number of hydrogen-bond donors (Lipinski definition) is 0. The van der Waals surface area contributed by atoms with Crippen LogP contribution in [0.4, 0.5) is 0 Å². The van der Waals surface area contributed by atoms with Crippen LogP contribution in [0, 0.1) is 0 Å². The monoisotopic (exact) mass is 682 g/mol. The van der Waals surface area contributed by atoms with Gasteiger partial charge in [-0.25, -0.2) is 0 Å². The van der Waals surface area contributed by atoms with E-state index < -0.39 is 0 Å². The second kappa shape index (κ2) is 12.3. The van der Waals surface area contributed by atoms with Crippen molar-refractivity contribution < 1.29 is 0 Å². The standard InChI is InChI=1S/C54H34/c1-3-13-35(14-4-1)39-17-11-18-40(33-39)41-19-12-20-42(34-41)43-29-25-37-27-31-49-50(32-28-38-26-30-48(43)52(37)53(38)49)54-46-23-9-7-21-44(46)51(36-15-5-2-6-16-36)45-22-8-10-24-47(45)54/h1-34H. The molecule has 250 valence electrons. The molecule has 0 N–H and O–H groups in total. The van der Waals surface area contributed by atoms with Crippen LogP contribution in [0.5, 0.6) is 0 Å². The van der Waals surface area contributed by atoms with Gasteiger partial charge in [0.15, 0.2) is 0 Å². The highest BCUT2D eigenvalue weighted by Gasteiger charge is 2.20. The van der Waals surface area contributed by atoms with E-state index >= 15 is 0 Å². The smallest absolute Gasteiger partial charge is 0.00201 e. The molecule has 0 bridgehead atoms. The zero-order chi connectivity index (χ0) is 35.6. The van der Waals surface area contributed by atoms with Gasteiger partial charge in [0.1, 0.15) is 0 Å². The van der Waals surface area contributed by atoms with Gasteiger partial charge in [0, 0.05) is 0 Å². The Bertz CT molecular complexity index is 3130. The maximum atomic E-state index is 2.36. The second-order valence-corrected chi connectivity index (χ2v) is 14.4. The van der Waals surface area contributed by atoms with Crippen molar-refractivity contribution in [2.75, 3.05) is 0 Å². The van der Waals surface area contributed by atoms with Gasteiger partial charge < -0.3 is 0 Å². The summed E-state index contributed by atoms with van der Waals surface area (Å²) in [6, 6.07) is 76.0. The second-order valence-electron chi connectivity index (χ2n) is 14.4. The van der Waals surface area contributed by atoms with Crippen LogP contribution < -0.4 is 0 Å². The summed E-state index contributed by atoms with van der Waals surface area (Å²) in [4.78, 5) is 0. The Kier molecular flexibility index (Phi) is 6.97. The highest BCUT2D eigenvalue weighted by atomic mass is 14.2. The van der Waals surface area contributed by atoms with E-state index in [0.717, 1.165) is 0 Å². The van der Waals surface area contributed by atoms with E-state index in [-0.39, 0.29) is 0 Å². The van der Waals surface area contributed by atoms with Gasteiger partial charge in [0.25, 0.3) is 0 Å². The molecule has 0 aromatic heterocycles. The molecular formula is C54H34. The van der Waals surface area contributed by atoms with Crippen LogP contribution in [-0.4, -0.2) is 0 Å². The minimum atomic E-state index is 1.22. The van der Waals surface area contributed by atoms with Crippen LogP contribution >= 0.6 is 0 Å². The molecule has 0 fully saturated rings. The summed E-state index contributed by atoms with van der Waals surface area (Å²) in [6.07, 6.45) is 0. The largest absolute Gasteiger partial charge is 0.0622 e. The number of fused-ring (bicyclic) bond motifs is 2. The Labute approximate surface area is 314 Å². The first-order valence-corrected chi connectivity index (χ1v) is 18.8. The predicted molar refractivity (Wildman–Crippen MR) is 232 cm³/mol. The third-order valence-electron chi connectivity index (χ3n) is 11.4. The Morgan fingerprint density at radius 3 is 1.17 bits per heavy atom. The molecule has 0 aliphatic rings. The van der Waals surface area contributed by atoms with Crippen molar-refractivity contribution in [3.05, 3.63) is 206 Å². The lowest BCUT2D eigenvalue weighted by Gasteiger charge is -2.20. The van der Waals surface area contributed by atoms with Crippen LogP contribution in [-0.2, 0) is 0 Å². The van der Waals surface area contributed by atoms with Gasteiger partial charge in [-0.05, 0) is 122 Å². The molecule has 0 heterocycles. The Morgan fingerprint density at radius 1 is 0.204 bits per heavy atom. The molecule has 0 heteroatoms. The molecule has 0 radical (unpaired) electrons. The summed E-state index contributed by atoms with van der Waals surface area (Å²) in [6.45, 7) is 0. The van der Waals surface area contributed by atoms with Crippen LogP contribution in [0.3, 0.4) is 0 Å². The lowest BCUT2D eigenvalue weighted by atomic mass is 9.83. The third-order valence-corrected chi connectivity index (χ3v) is 11.4. The van der Waals surface area contributed by atoms with Gasteiger partial charge >= 0.3 is 0 Å². The molecule has 0 atom stereocenters. The van der Waals surface area contributed by atoms with Crippen molar-refractivity contribution >= 4 is 53.9 Å². The Balaban J connectivity index is 1.13. The third kappa shape index (κ3) is 4.78. The molecule has 0 spiro atoms. The van der Waals surface area contributed by atoms with Crippen molar-refractivity contribution in [3.63, 3.8) is 0 Å². The van der Waals surface area contributed by atoms with E-state index in [2.05, 4.69) is 206 Å². The maximum Gasteiger partial charge on any atom is -0.00201 e.